The van der Waals surface area contributed by atoms with Crippen molar-refractivity contribution in [3.63, 3.8) is 0 Å². The third-order valence-electron chi connectivity index (χ3n) is 3.52. The van der Waals surface area contributed by atoms with Gasteiger partial charge in [-0.3, -0.25) is 0 Å². The van der Waals surface area contributed by atoms with Crippen LogP contribution >= 0.6 is 0 Å². The van der Waals surface area contributed by atoms with Gasteiger partial charge in [-0.05, 0) is 25.7 Å². The molecule has 2 fully saturated rings. The van der Waals surface area contributed by atoms with Gasteiger partial charge in [0, 0.05) is 31.8 Å². The highest BCUT2D eigenvalue weighted by atomic mass is 16.5. The molecule has 0 saturated carbocycles. The molecule has 2 N–H and O–H groups in total. The molecule has 2 aliphatic rings. The lowest BCUT2D eigenvalue weighted by molar-refractivity contribution is 0.0425. The summed E-state index contributed by atoms with van der Waals surface area (Å²) >= 11 is 0. The van der Waals surface area contributed by atoms with E-state index >= 15 is 0 Å². The molecule has 2 rings (SSSR count). The average molecular weight is 185 g/mol. The molecule has 76 valence electrons. The molecule has 2 aliphatic heterocycles. The van der Waals surface area contributed by atoms with E-state index in [1.54, 1.807) is 0 Å². The maximum Gasteiger partial charge on any atom is 0.0755 e. The normalized spacial score (nSPS) is 40.8. The van der Waals surface area contributed by atoms with Crippen molar-refractivity contribution in [2.24, 2.45) is 11.1 Å². The summed E-state index contributed by atoms with van der Waals surface area (Å²) in [6, 6.07) is 0. The van der Waals surface area contributed by atoms with Crippen molar-refractivity contribution in [2.45, 2.75) is 31.8 Å². The van der Waals surface area contributed by atoms with Gasteiger partial charge in [0.2, 0.25) is 0 Å². The van der Waals surface area contributed by atoms with Crippen LogP contribution in [-0.2, 0) is 9.47 Å². The van der Waals surface area contributed by atoms with Crippen molar-refractivity contribution in [1.29, 1.82) is 0 Å². The highest BCUT2D eigenvalue weighted by Crippen LogP contribution is 2.43. The minimum atomic E-state index is 0.286. The molecule has 1 spiro atoms. The predicted octanol–water partition coefficient (Wildman–Crippen LogP) is 0.921. The molecule has 0 amide bonds. The van der Waals surface area contributed by atoms with Gasteiger partial charge in [-0.1, -0.05) is 0 Å². The molecular formula is C10H19NO2. The van der Waals surface area contributed by atoms with E-state index in [9.17, 15) is 0 Å². The first-order chi connectivity index (χ1) is 6.37. The van der Waals surface area contributed by atoms with Gasteiger partial charge in [0.15, 0.2) is 0 Å². The lowest BCUT2D eigenvalue weighted by atomic mass is 9.75. The molecule has 0 bridgehead atoms. The van der Waals surface area contributed by atoms with Gasteiger partial charge in [0.1, 0.15) is 0 Å². The molecule has 0 radical (unpaired) electrons. The van der Waals surface area contributed by atoms with Gasteiger partial charge in [0.05, 0.1) is 6.10 Å². The van der Waals surface area contributed by atoms with Crippen LogP contribution < -0.4 is 5.73 Å². The number of hydrogen-bond donors (Lipinski definition) is 1. The summed E-state index contributed by atoms with van der Waals surface area (Å²) in [5, 5.41) is 0. The number of ether oxygens (including phenoxy) is 2. The van der Waals surface area contributed by atoms with Gasteiger partial charge in [-0.15, -0.1) is 0 Å². The summed E-state index contributed by atoms with van der Waals surface area (Å²) < 4.78 is 11.1. The molecule has 0 aromatic heterocycles. The second-order valence-corrected chi connectivity index (χ2v) is 4.17. The van der Waals surface area contributed by atoms with Gasteiger partial charge in [0.25, 0.3) is 0 Å². The Morgan fingerprint density at radius 2 is 2.00 bits per heavy atom. The fraction of sp³-hybridized carbons (Fsp3) is 1.00. The number of nitrogens with two attached hydrogens (primary N) is 1. The zero-order valence-electron chi connectivity index (χ0n) is 8.13. The molecular weight excluding hydrogens is 166 g/mol. The molecule has 0 aromatic rings. The maximum atomic E-state index is 5.72. The highest BCUT2D eigenvalue weighted by Gasteiger charge is 2.43. The minimum Gasteiger partial charge on any atom is -0.381 e. The molecule has 0 aliphatic carbocycles. The van der Waals surface area contributed by atoms with Crippen molar-refractivity contribution < 1.29 is 9.47 Å². The van der Waals surface area contributed by atoms with E-state index in [1.165, 1.54) is 19.3 Å². The Bertz CT molecular complexity index is 164. The van der Waals surface area contributed by atoms with Crippen LogP contribution in [0, 0.1) is 5.41 Å². The van der Waals surface area contributed by atoms with Crippen LogP contribution in [0.1, 0.15) is 25.7 Å². The molecule has 13 heavy (non-hydrogen) atoms. The lowest BCUT2D eigenvalue weighted by Crippen LogP contribution is -2.37. The topological polar surface area (TPSA) is 44.5 Å². The van der Waals surface area contributed by atoms with Gasteiger partial charge in [-0.25, -0.2) is 0 Å². The van der Waals surface area contributed by atoms with Crippen molar-refractivity contribution in [1.82, 2.24) is 0 Å². The van der Waals surface area contributed by atoms with E-state index in [-0.39, 0.29) is 6.10 Å². The molecule has 2 atom stereocenters. The van der Waals surface area contributed by atoms with Crippen molar-refractivity contribution in [2.75, 3.05) is 26.4 Å². The van der Waals surface area contributed by atoms with Crippen molar-refractivity contribution >= 4 is 0 Å². The standard InChI is InChI=1S/C10H19NO2/c11-8-9-10(4-7-13-9)2-1-5-12-6-3-10/h9H,1-8,11H2. The first-order valence-corrected chi connectivity index (χ1v) is 5.27. The van der Waals surface area contributed by atoms with E-state index in [0.29, 0.717) is 12.0 Å². The van der Waals surface area contributed by atoms with E-state index in [1.807, 2.05) is 0 Å². The number of rotatable bonds is 1. The molecule has 3 heteroatoms. The molecule has 2 heterocycles. The average Bonchev–Trinajstić information content (AvgIpc) is 2.37. The van der Waals surface area contributed by atoms with Crippen LogP contribution in [0.3, 0.4) is 0 Å². The Kier molecular flexibility index (Phi) is 2.86. The second-order valence-electron chi connectivity index (χ2n) is 4.17. The van der Waals surface area contributed by atoms with Gasteiger partial charge < -0.3 is 15.2 Å². The van der Waals surface area contributed by atoms with Crippen LogP contribution in [-0.4, -0.2) is 32.5 Å². The molecule has 2 unspecified atom stereocenters. The Balaban J connectivity index is 2.06. The zero-order valence-corrected chi connectivity index (χ0v) is 8.13. The fourth-order valence-corrected chi connectivity index (χ4v) is 2.66. The van der Waals surface area contributed by atoms with Crippen LogP contribution in [0.4, 0.5) is 0 Å². The second kappa shape index (κ2) is 3.95. The van der Waals surface area contributed by atoms with E-state index in [4.69, 9.17) is 15.2 Å². The summed E-state index contributed by atoms with van der Waals surface area (Å²) in [6.45, 7) is 3.36. The third-order valence-corrected chi connectivity index (χ3v) is 3.52. The maximum absolute atomic E-state index is 5.72. The molecule has 0 aromatic carbocycles. The summed E-state index contributed by atoms with van der Waals surface area (Å²) in [5.74, 6) is 0. The van der Waals surface area contributed by atoms with Gasteiger partial charge >= 0.3 is 0 Å². The number of hydrogen-bond acceptors (Lipinski definition) is 3. The quantitative estimate of drug-likeness (QED) is 0.660. The summed E-state index contributed by atoms with van der Waals surface area (Å²) in [5.41, 5.74) is 6.08. The first-order valence-electron chi connectivity index (χ1n) is 5.27. The molecule has 2 saturated heterocycles. The van der Waals surface area contributed by atoms with Crippen molar-refractivity contribution in [3.05, 3.63) is 0 Å². The monoisotopic (exact) mass is 185 g/mol. The van der Waals surface area contributed by atoms with Crippen molar-refractivity contribution in [3.8, 4) is 0 Å². The van der Waals surface area contributed by atoms with E-state index in [0.717, 1.165) is 26.2 Å². The Morgan fingerprint density at radius 3 is 2.85 bits per heavy atom. The van der Waals surface area contributed by atoms with Gasteiger partial charge in [-0.2, -0.15) is 0 Å². The Morgan fingerprint density at radius 1 is 1.15 bits per heavy atom. The summed E-state index contributed by atoms with van der Waals surface area (Å²) in [7, 11) is 0. The Hall–Kier alpha value is -0.120. The minimum absolute atomic E-state index is 0.286. The van der Waals surface area contributed by atoms with Crippen LogP contribution in [0.2, 0.25) is 0 Å². The third kappa shape index (κ3) is 1.73. The Labute approximate surface area is 79.6 Å². The van der Waals surface area contributed by atoms with E-state index < -0.39 is 0 Å². The molecule has 3 nitrogen and oxygen atoms in total. The summed E-state index contributed by atoms with van der Waals surface area (Å²) in [4.78, 5) is 0. The SMILES string of the molecule is NCC1OCCC12CCCOCC2. The predicted molar refractivity (Wildman–Crippen MR) is 50.5 cm³/mol. The zero-order chi connectivity index (χ0) is 9.15. The highest BCUT2D eigenvalue weighted by molar-refractivity contribution is 4.92. The lowest BCUT2D eigenvalue weighted by Gasteiger charge is -2.31. The smallest absolute Gasteiger partial charge is 0.0755 e. The first kappa shape index (κ1) is 9.44. The van der Waals surface area contributed by atoms with Crippen LogP contribution in [0.5, 0.6) is 0 Å². The largest absolute Gasteiger partial charge is 0.381 e. The van der Waals surface area contributed by atoms with Crippen LogP contribution in [0.25, 0.3) is 0 Å². The van der Waals surface area contributed by atoms with Crippen LogP contribution in [0.15, 0.2) is 0 Å². The summed E-state index contributed by atoms with van der Waals surface area (Å²) in [6.07, 6.45) is 5.00. The van der Waals surface area contributed by atoms with E-state index in [2.05, 4.69) is 0 Å². The fourth-order valence-electron chi connectivity index (χ4n) is 2.66.